The smallest absolute Gasteiger partial charge is 0.251 e. The van der Waals surface area contributed by atoms with Crippen LogP contribution in [0.25, 0.3) is 0 Å². The fraction of sp³-hybridized carbons (Fsp3) is 0.350. The van der Waals surface area contributed by atoms with Gasteiger partial charge in [-0.05, 0) is 55.7 Å². The van der Waals surface area contributed by atoms with Gasteiger partial charge in [-0.2, -0.15) is 0 Å². The second-order valence-corrected chi connectivity index (χ2v) is 7.86. The number of nitrogens with zero attached hydrogens (tertiary/aromatic N) is 1. The Morgan fingerprint density at radius 2 is 1.79 bits per heavy atom. The van der Waals surface area contributed by atoms with E-state index >= 15 is 0 Å². The van der Waals surface area contributed by atoms with Crippen LogP contribution in [0.1, 0.15) is 35.3 Å². The van der Waals surface area contributed by atoms with Crippen LogP contribution in [0, 0.1) is 0 Å². The number of hydrogen-bond donors (Lipinski definition) is 1. The van der Waals surface area contributed by atoms with Gasteiger partial charge in [0.1, 0.15) is 0 Å². The van der Waals surface area contributed by atoms with E-state index in [1.54, 1.807) is 0 Å². The van der Waals surface area contributed by atoms with Crippen molar-refractivity contribution in [1.29, 1.82) is 0 Å². The lowest BCUT2D eigenvalue weighted by Gasteiger charge is -2.41. The molecule has 1 N–H and O–H groups in total. The molecule has 4 heteroatoms. The molecule has 0 saturated carbocycles. The van der Waals surface area contributed by atoms with Crippen molar-refractivity contribution in [1.82, 2.24) is 10.2 Å². The van der Waals surface area contributed by atoms with Crippen molar-refractivity contribution in [3.63, 3.8) is 0 Å². The molecule has 126 valence electrons. The number of halogens is 1. The van der Waals surface area contributed by atoms with Crippen molar-refractivity contribution in [2.24, 2.45) is 0 Å². The van der Waals surface area contributed by atoms with Crippen LogP contribution in [0.2, 0.25) is 0 Å². The third kappa shape index (κ3) is 3.87. The average Bonchev–Trinajstić information content (AvgIpc) is 2.60. The quantitative estimate of drug-likeness (QED) is 0.860. The topological polar surface area (TPSA) is 32.3 Å². The third-order valence-corrected chi connectivity index (χ3v) is 5.30. The lowest BCUT2D eigenvalue weighted by atomic mass is 9.94. The fourth-order valence-electron chi connectivity index (χ4n) is 3.12. The van der Waals surface area contributed by atoms with E-state index in [0.29, 0.717) is 12.1 Å². The van der Waals surface area contributed by atoms with E-state index in [1.807, 2.05) is 24.3 Å². The molecule has 0 fully saturated rings. The van der Waals surface area contributed by atoms with Crippen LogP contribution >= 0.6 is 15.9 Å². The lowest BCUT2D eigenvalue weighted by Crippen LogP contribution is -2.53. The summed E-state index contributed by atoms with van der Waals surface area (Å²) in [5, 5.41) is 3.08. The monoisotopic (exact) mass is 386 g/mol. The predicted octanol–water partition coefficient (Wildman–Crippen LogP) is 4.02. The van der Waals surface area contributed by atoms with E-state index in [9.17, 15) is 4.79 Å². The number of fused-ring (bicyclic) bond motifs is 1. The van der Waals surface area contributed by atoms with Gasteiger partial charge < -0.3 is 5.32 Å². The molecule has 0 spiro atoms. The van der Waals surface area contributed by atoms with Crippen LogP contribution in [0.4, 0.5) is 0 Å². The molecule has 1 amide bonds. The van der Waals surface area contributed by atoms with Crippen molar-refractivity contribution >= 4 is 21.8 Å². The number of nitrogens with one attached hydrogen (secondary N) is 1. The molecule has 0 atom stereocenters. The molecule has 1 aliphatic heterocycles. The summed E-state index contributed by atoms with van der Waals surface area (Å²) in [5.41, 5.74) is 3.45. The zero-order chi connectivity index (χ0) is 17.2. The Bertz CT molecular complexity index is 725. The Hall–Kier alpha value is -1.65. The number of carbonyl (C=O) groups excluding carboxylic acids is 1. The minimum atomic E-state index is -0.0848. The van der Waals surface area contributed by atoms with Crippen molar-refractivity contribution < 1.29 is 4.79 Å². The number of amides is 1. The van der Waals surface area contributed by atoms with Gasteiger partial charge in [-0.15, -0.1) is 0 Å². The standard InChI is InChI=1S/C20H23BrN2O/c1-20(2,14-22-19(24)16-7-9-18(21)10-8-16)23-12-11-15-5-3-4-6-17(15)13-23/h3-10H,11-14H2,1-2H3,(H,22,24). The van der Waals surface area contributed by atoms with Gasteiger partial charge in [0.05, 0.1) is 0 Å². The molecule has 0 bridgehead atoms. The van der Waals surface area contributed by atoms with Gasteiger partial charge in [0.15, 0.2) is 0 Å². The van der Waals surface area contributed by atoms with Gasteiger partial charge in [-0.1, -0.05) is 40.2 Å². The molecule has 2 aromatic carbocycles. The van der Waals surface area contributed by atoms with Crippen molar-refractivity contribution in [2.45, 2.75) is 32.4 Å². The highest BCUT2D eigenvalue weighted by Crippen LogP contribution is 2.25. The Kier molecular flexibility index (Phi) is 5.07. The molecule has 3 rings (SSSR count). The summed E-state index contributed by atoms with van der Waals surface area (Å²) in [4.78, 5) is 14.8. The van der Waals surface area contributed by atoms with E-state index in [1.165, 1.54) is 11.1 Å². The maximum absolute atomic E-state index is 12.3. The number of carbonyl (C=O) groups is 1. The minimum absolute atomic E-state index is 0.0204. The van der Waals surface area contributed by atoms with Crippen LogP contribution < -0.4 is 5.32 Å². The Morgan fingerprint density at radius 3 is 2.50 bits per heavy atom. The van der Waals surface area contributed by atoms with Gasteiger partial charge in [-0.25, -0.2) is 0 Å². The molecule has 2 aromatic rings. The highest BCUT2D eigenvalue weighted by Gasteiger charge is 2.30. The van der Waals surface area contributed by atoms with Crippen LogP contribution in [-0.4, -0.2) is 29.4 Å². The largest absolute Gasteiger partial charge is 0.350 e. The first-order chi connectivity index (χ1) is 11.5. The molecule has 0 aromatic heterocycles. The van der Waals surface area contributed by atoms with Crippen LogP contribution in [-0.2, 0) is 13.0 Å². The molecule has 1 aliphatic rings. The summed E-state index contributed by atoms with van der Waals surface area (Å²) >= 11 is 3.39. The zero-order valence-corrected chi connectivity index (χ0v) is 15.8. The molecule has 24 heavy (non-hydrogen) atoms. The summed E-state index contributed by atoms with van der Waals surface area (Å²) in [7, 11) is 0. The lowest BCUT2D eigenvalue weighted by molar-refractivity contribution is 0.0826. The first-order valence-electron chi connectivity index (χ1n) is 8.31. The van der Waals surface area contributed by atoms with Crippen molar-refractivity contribution in [3.8, 4) is 0 Å². The molecular formula is C20H23BrN2O. The van der Waals surface area contributed by atoms with E-state index < -0.39 is 0 Å². The molecule has 0 aliphatic carbocycles. The summed E-state index contributed by atoms with van der Waals surface area (Å²) in [6, 6.07) is 16.1. The SMILES string of the molecule is CC(C)(CNC(=O)c1ccc(Br)cc1)N1CCc2ccccc2C1. The second kappa shape index (κ2) is 7.08. The number of hydrogen-bond acceptors (Lipinski definition) is 2. The predicted molar refractivity (Wildman–Crippen MR) is 101 cm³/mol. The summed E-state index contributed by atoms with van der Waals surface area (Å²) in [6.07, 6.45) is 1.07. The first kappa shape index (κ1) is 17.2. The number of benzene rings is 2. The Labute approximate surface area is 152 Å². The number of rotatable bonds is 4. The fourth-order valence-corrected chi connectivity index (χ4v) is 3.39. The van der Waals surface area contributed by atoms with E-state index in [-0.39, 0.29) is 11.4 Å². The van der Waals surface area contributed by atoms with Crippen molar-refractivity contribution in [3.05, 3.63) is 69.7 Å². The normalized spacial score (nSPS) is 15.0. The minimum Gasteiger partial charge on any atom is -0.350 e. The van der Waals surface area contributed by atoms with Gasteiger partial charge >= 0.3 is 0 Å². The summed E-state index contributed by atoms with van der Waals surface area (Å²) in [6.45, 7) is 6.99. The molecular weight excluding hydrogens is 364 g/mol. The Morgan fingerprint density at radius 1 is 1.12 bits per heavy atom. The van der Waals surface area contributed by atoms with Gasteiger partial charge in [0, 0.05) is 35.2 Å². The van der Waals surface area contributed by atoms with E-state index in [4.69, 9.17) is 0 Å². The Balaban J connectivity index is 1.62. The summed E-state index contributed by atoms with van der Waals surface area (Å²) in [5.74, 6) is -0.0204. The van der Waals surface area contributed by atoms with Crippen LogP contribution in [0.3, 0.4) is 0 Å². The van der Waals surface area contributed by atoms with Crippen LogP contribution in [0.5, 0.6) is 0 Å². The van der Waals surface area contributed by atoms with Crippen LogP contribution in [0.15, 0.2) is 53.0 Å². The highest BCUT2D eigenvalue weighted by molar-refractivity contribution is 9.10. The van der Waals surface area contributed by atoms with E-state index in [2.05, 4.69) is 64.3 Å². The highest BCUT2D eigenvalue weighted by atomic mass is 79.9. The maximum atomic E-state index is 12.3. The molecule has 0 radical (unpaired) electrons. The maximum Gasteiger partial charge on any atom is 0.251 e. The van der Waals surface area contributed by atoms with Gasteiger partial charge in [0.25, 0.3) is 5.91 Å². The third-order valence-electron chi connectivity index (χ3n) is 4.77. The molecule has 0 saturated heterocycles. The molecule has 0 unspecified atom stereocenters. The summed E-state index contributed by atoms with van der Waals surface area (Å²) < 4.78 is 0.978. The van der Waals surface area contributed by atoms with Crippen molar-refractivity contribution in [2.75, 3.05) is 13.1 Å². The van der Waals surface area contributed by atoms with Gasteiger partial charge in [-0.3, -0.25) is 9.69 Å². The first-order valence-corrected chi connectivity index (χ1v) is 9.11. The molecule has 1 heterocycles. The molecule has 3 nitrogen and oxygen atoms in total. The zero-order valence-electron chi connectivity index (χ0n) is 14.2. The second-order valence-electron chi connectivity index (χ2n) is 6.94. The average molecular weight is 387 g/mol. The van der Waals surface area contributed by atoms with Gasteiger partial charge in [0.2, 0.25) is 0 Å². The van der Waals surface area contributed by atoms with E-state index in [0.717, 1.165) is 24.0 Å².